The maximum atomic E-state index is 13.0. The average molecular weight is 545 g/mol. The fourth-order valence-corrected chi connectivity index (χ4v) is 2.72. The van der Waals surface area contributed by atoms with Gasteiger partial charge in [-0.15, -0.1) is 24.0 Å². The van der Waals surface area contributed by atoms with Gasteiger partial charge in [-0.1, -0.05) is 24.3 Å². The summed E-state index contributed by atoms with van der Waals surface area (Å²) in [6.45, 7) is 7.58. The molecule has 2 aromatic carbocycles. The zero-order valence-electron chi connectivity index (χ0n) is 18.4. The first-order chi connectivity index (χ1) is 14.6. The molecular formula is C23H33FIN3O3. The Morgan fingerprint density at radius 3 is 2.45 bits per heavy atom. The van der Waals surface area contributed by atoms with E-state index in [9.17, 15) is 4.39 Å². The van der Waals surface area contributed by atoms with Crippen molar-refractivity contribution in [2.45, 2.75) is 33.1 Å². The van der Waals surface area contributed by atoms with Crippen molar-refractivity contribution in [2.24, 2.45) is 4.99 Å². The third-order valence-corrected chi connectivity index (χ3v) is 4.23. The van der Waals surface area contributed by atoms with E-state index in [4.69, 9.17) is 14.2 Å². The van der Waals surface area contributed by atoms with Crippen LogP contribution in [0.4, 0.5) is 4.39 Å². The molecule has 0 spiro atoms. The predicted octanol–water partition coefficient (Wildman–Crippen LogP) is 4.13. The number of rotatable bonds is 12. The zero-order chi connectivity index (χ0) is 21.6. The van der Waals surface area contributed by atoms with E-state index in [1.165, 1.54) is 12.1 Å². The van der Waals surface area contributed by atoms with Crippen LogP contribution in [-0.4, -0.2) is 45.5 Å². The van der Waals surface area contributed by atoms with E-state index in [2.05, 4.69) is 27.8 Å². The molecule has 172 valence electrons. The van der Waals surface area contributed by atoms with Crippen molar-refractivity contribution in [3.05, 3.63) is 65.5 Å². The summed E-state index contributed by atoms with van der Waals surface area (Å²) in [5.74, 6) is 1.04. The minimum Gasteiger partial charge on any atom is -0.489 e. The normalized spacial score (nSPS) is 12.1. The standard InChI is InChI=1S/C23H32FN3O3.HI/c1-4-28-12-13-29-17-20-7-5-6-19(14-20)16-27-23(25-3)26-15-18(2)30-22-10-8-21(24)9-11-22;/h5-11,14,18H,4,12-13,15-17H2,1-3H3,(H2,25,26,27);1H. The van der Waals surface area contributed by atoms with Gasteiger partial charge in [0.1, 0.15) is 17.7 Å². The number of ether oxygens (including phenoxy) is 3. The second kappa shape index (κ2) is 15.8. The molecule has 0 saturated carbocycles. The van der Waals surface area contributed by atoms with Gasteiger partial charge in [-0.25, -0.2) is 4.39 Å². The van der Waals surface area contributed by atoms with Crippen molar-refractivity contribution in [3.63, 3.8) is 0 Å². The molecule has 1 atom stereocenters. The lowest BCUT2D eigenvalue weighted by Crippen LogP contribution is -2.41. The van der Waals surface area contributed by atoms with Gasteiger partial charge in [0.15, 0.2) is 5.96 Å². The van der Waals surface area contributed by atoms with Crippen LogP contribution in [0.1, 0.15) is 25.0 Å². The van der Waals surface area contributed by atoms with E-state index in [0.29, 0.717) is 51.2 Å². The average Bonchev–Trinajstić information content (AvgIpc) is 2.75. The van der Waals surface area contributed by atoms with Gasteiger partial charge in [0.25, 0.3) is 0 Å². The Hall–Kier alpha value is -1.91. The van der Waals surface area contributed by atoms with Crippen LogP contribution in [0.2, 0.25) is 0 Å². The Kier molecular flexibility index (Phi) is 13.8. The quantitative estimate of drug-likeness (QED) is 0.182. The lowest BCUT2D eigenvalue weighted by atomic mass is 10.1. The Morgan fingerprint density at radius 2 is 1.74 bits per heavy atom. The van der Waals surface area contributed by atoms with Crippen LogP contribution >= 0.6 is 24.0 Å². The van der Waals surface area contributed by atoms with E-state index in [1.807, 2.05) is 26.0 Å². The van der Waals surface area contributed by atoms with Crippen LogP contribution in [0.3, 0.4) is 0 Å². The maximum absolute atomic E-state index is 13.0. The number of hydrogen-bond donors (Lipinski definition) is 2. The lowest BCUT2D eigenvalue weighted by molar-refractivity contribution is 0.0453. The van der Waals surface area contributed by atoms with Crippen LogP contribution in [0.5, 0.6) is 5.75 Å². The van der Waals surface area contributed by atoms with Crippen molar-refractivity contribution >= 4 is 29.9 Å². The fourth-order valence-electron chi connectivity index (χ4n) is 2.72. The molecule has 0 aliphatic carbocycles. The Balaban J connectivity index is 0.00000480. The molecule has 0 radical (unpaired) electrons. The van der Waals surface area contributed by atoms with E-state index in [0.717, 1.165) is 11.1 Å². The summed E-state index contributed by atoms with van der Waals surface area (Å²) in [7, 11) is 1.73. The predicted molar refractivity (Wildman–Crippen MR) is 133 cm³/mol. The highest BCUT2D eigenvalue weighted by molar-refractivity contribution is 14.0. The van der Waals surface area contributed by atoms with Crippen molar-refractivity contribution in [1.29, 1.82) is 0 Å². The first-order valence-electron chi connectivity index (χ1n) is 10.2. The minimum absolute atomic E-state index is 0. The molecule has 1 unspecified atom stereocenters. The Morgan fingerprint density at radius 1 is 1.03 bits per heavy atom. The van der Waals surface area contributed by atoms with Gasteiger partial charge in [0, 0.05) is 20.2 Å². The second-order valence-corrected chi connectivity index (χ2v) is 6.76. The highest BCUT2D eigenvalue weighted by Crippen LogP contribution is 2.12. The summed E-state index contributed by atoms with van der Waals surface area (Å²) in [4.78, 5) is 4.24. The van der Waals surface area contributed by atoms with E-state index < -0.39 is 0 Å². The summed E-state index contributed by atoms with van der Waals surface area (Å²) >= 11 is 0. The molecule has 2 N–H and O–H groups in total. The number of halogens is 2. The molecule has 0 aliphatic heterocycles. The second-order valence-electron chi connectivity index (χ2n) is 6.76. The lowest BCUT2D eigenvalue weighted by Gasteiger charge is -2.18. The minimum atomic E-state index is -0.279. The number of guanidine groups is 1. The summed E-state index contributed by atoms with van der Waals surface area (Å²) in [6, 6.07) is 14.2. The van der Waals surface area contributed by atoms with Gasteiger partial charge in [-0.2, -0.15) is 0 Å². The van der Waals surface area contributed by atoms with Gasteiger partial charge in [-0.3, -0.25) is 4.99 Å². The van der Waals surface area contributed by atoms with Crippen molar-refractivity contribution < 1.29 is 18.6 Å². The molecule has 0 fully saturated rings. The molecule has 2 rings (SSSR count). The topological polar surface area (TPSA) is 64.1 Å². The monoisotopic (exact) mass is 545 g/mol. The third kappa shape index (κ3) is 11.3. The SMILES string of the molecule is CCOCCOCc1cccc(CNC(=NC)NCC(C)Oc2ccc(F)cc2)c1.I. The molecular weight excluding hydrogens is 512 g/mol. The number of nitrogens with one attached hydrogen (secondary N) is 2. The van der Waals surface area contributed by atoms with Gasteiger partial charge < -0.3 is 24.8 Å². The van der Waals surface area contributed by atoms with Crippen molar-refractivity contribution in [3.8, 4) is 5.75 Å². The highest BCUT2D eigenvalue weighted by Gasteiger charge is 2.06. The first-order valence-corrected chi connectivity index (χ1v) is 10.2. The molecule has 0 bridgehead atoms. The number of benzene rings is 2. The van der Waals surface area contributed by atoms with Crippen LogP contribution in [-0.2, 0) is 22.6 Å². The van der Waals surface area contributed by atoms with Gasteiger partial charge in [-0.05, 0) is 49.2 Å². The zero-order valence-corrected chi connectivity index (χ0v) is 20.7. The molecule has 0 aromatic heterocycles. The third-order valence-electron chi connectivity index (χ3n) is 4.23. The van der Waals surface area contributed by atoms with E-state index in [-0.39, 0.29) is 35.9 Å². The summed E-state index contributed by atoms with van der Waals surface area (Å²) < 4.78 is 29.6. The number of hydrogen-bond acceptors (Lipinski definition) is 4. The largest absolute Gasteiger partial charge is 0.489 e. The molecule has 0 heterocycles. The highest BCUT2D eigenvalue weighted by atomic mass is 127. The molecule has 31 heavy (non-hydrogen) atoms. The smallest absolute Gasteiger partial charge is 0.191 e. The van der Waals surface area contributed by atoms with Crippen LogP contribution in [0.15, 0.2) is 53.5 Å². The molecule has 0 amide bonds. The Bertz CT molecular complexity index is 775. The molecule has 0 saturated heterocycles. The van der Waals surface area contributed by atoms with Gasteiger partial charge in [0.05, 0.1) is 26.4 Å². The summed E-state index contributed by atoms with van der Waals surface area (Å²) in [6.07, 6.45) is -0.105. The summed E-state index contributed by atoms with van der Waals surface area (Å²) in [5.41, 5.74) is 2.26. The number of aliphatic imine (C=N–C) groups is 1. The molecule has 6 nitrogen and oxygen atoms in total. The Labute approximate surface area is 201 Å². The molecule has 2 aromatic rings. The molecule has 0 aliphatic rings. The van der Waals surface area contributed by atoms with Crippen LogP contribution < -0.4 is 15.4 Å². The van der Waals surface area contributed by atoms with Crippen LogP contribution in [0, 0.1) is 5.82 Å². The van der Waals surface area contributed by atoms with Crippen molar-refractivity contribution in [1.82, 2.24) is 10.6 Å². The first kappa shape index (κ1) is 27.1. The van der Waals surface area contributed by atoms with E-state index >= 15 is 0 Å². The fraction of sp³-hybridized carbons (Fsp3) is 0.435. The molecule has 8 heteroatoms. The van der Waals surface area contributed by atoms with Gasteiger partial charge in [0.2, 0.25) is 0 Å². The van der Waals surface area contributed by atoms with Crippen LogP contribution in [0.25, 0.3) is 0 Å². The van der Waals surface area contributed by atoms with Gasteiger partial charge >= 0.3 is 0 Å². The maximum Gasteiger partial charge on any atom is 0.191 e. The van der Waals surface area contributed by atoms with E-state index in [1.54, 1.807) is 19.2 Å². The summed E-state index contributed by atoms with van der Waals surface area (Å²) in [5, 5.41) is 6.54. The van der Waals surface area contributed by atoms with Crippen molar-refractivity contribution in [2.75, 3.05) is 33.4 Å². The number of nitrogens with zero attached hydrogens (tertiary/aromatic N) is 1.